The largest absolute Gasteiger partial charge is 0.469 e. The van der Waals surface area contributed by atoms with Gasteiger partial charge in [-0.15, -0.1) is 0 Å². The molecule has 0 saturated heterocycles. The zero-order valence-corrected chi connectivity index (χ0v) is 12.1. The summed E-state index contributed by atoms with van der Waals surface area (Å²) < 4.78 is 4.76. The predicted octanol–water partition coefficient (Wildman–Crippen LogP) is 2.58. The van der Waals surface area contributed by atoms with Crippen LogP contribution in [0.25, 0.3) is 0 Å². The fourth-order valence-corrected chi connectivity index (χ4v) is 4.31. The highest BCUT2D eigenvalue weighted by atomic mass is 32.2. The summed E-state index contributed by atoms with van der Waals surface area (Å²) in [5.74, 6) is 3.00. The summed E-state index contributed by atoms with van der Waals surface area (Å²) in [6, 6.07) is 0.440. The maximum Gasteiger partial charge on any atom is 0.306 e. The third kappa shape index (κ3) is 3.89. The van der Waals surface area contributed by atoms with Crippen LogP contribution in [0.15, 0.2) is 0 Å². The zero-order chi connectivity index (χ0) is 13.0. The van der Waals surface area contributed by atoms with Crippen molar-refractivity contribution in [2.24, 2.45) is 17.1 Å². The van der Waals surface area contributed by atoms with Gasteiger partial charge < -0.3 is 10.5 Å². The molecule has 2 N–H and O–H groups in total. The molecule has 3 nitrogen and oxygen atoms in total. The van der Waals surface area contributed by atoms with Crippen LogP contribution in [0.1, 0.15) is 44.9 Å². The number of thioether (sulfide) groups is 1. The van der Waals surface area contributed by atoms with E-state index < -0.39 is 0 Å². The van der Waals surface area contributed by atoms with E-state index in [1.54, 1.807) is 0 Å². The van der Waals surface area contributed by atoms with Crippen molar-refractivity contribution >= 4 is 17.7 Å². The second-order valence-electron chi connectivity index (χ2n) is 5.95. The summed E-state index contributed by atoms with van der Waals surface area (Å²) in [6.07, 6.45) is 8.08. The molecule has 0 aromatic rings. The predicted molar refractivity (Wildman–Crippen MR) is 75.6 cm³/mol. The Morgan fingerprint density at radius 1 is 1.44 bits per heavy atom. The van der Waals surface area contributed by atoms with E-state index in [-0.39, 0.29) is 11.4 Å². The van der Waals surface area contributed by atoms with Gasteiger partial charge in [-0.2, -0.15) is 11.8 Å². The van der Waals surface area contributed by atoms with E-state index in [0.29, 0.717) is 12.5 Å². The summed E-state index contributed by atoms with van der Waals surface area (Å²) in [6.45, 7) is 0. The lowest BCUT2D eigenvalue weighted by atomic mass is 10.0. The molecule has 2 saturated carbocycles. The van der Waals surface area contributed by atoms with Crippen molar-refractivity contribution in [2.45, 2.75) is 51.0 Å². The first kappa shape index (κ1) is 14.2. The molecule has 2 atom stereocenters. The molecule has 0 heterocycles. The number of nitrogens with two attached hydrogens (primary N) is 1. The van der Waals surface area contributed by atoms with Gasteiger partial charge in [-0.25, -0.2) is 0 Å². The van der Waals surface area contributed by atoms with Gasteiger partial charge in [0.25, 0.3) is 0 Å². The minimum absolute atomic E-state index is 0.0501. The molecule has 2 rings (SSSR count). The van der Waals surface area contributed by atoms with Crippen molar-refractivity contribution in [3.05, 3.63) is 0 Å². The number of ether oxygens (including phenoxy) is 1. The molecule has 18 heavy (non-hydrogen) atoms. The Kier molecular flexibility index (Phi) is 4.96. The minimum Gasteiger partial charge on any atom is -0.469 e. The molecular weight excluding hydrogens is 246 g/mol. The standard InChI is InChI=1S/C14H25NO2S/c1-17-13(16)9-14(6-7-14)10-18-8-5-11-3-2-4-12(11)15/h11-12H,2-10,15H2,1H3. The molecule has 0 aromatic carbocycles. The van der Waals surface area contributed by atoms with Crippen LogP contribution < -0.4 is 5.73 Å². The number of carbonyl (C=O) groups excluding carboxylic acids is 1. The Hall–Kier alpha value is -0.220. The van der Waals surface area contributed by atoms with Crippen LogP contribution in [-0.2, 0) is 9.53 Å². The lowest BCUT2D eigenvalue weighted by molar-refractivity contribution is -0.141. The van der Waals surface area contributed by atoms with Gasteiger partial charge >= 0.3 is 5.97 Å². The highest BCUT2D eigenvalue weighted by molar-refractivity contribution is 7.99. The number of hydrogen-bond acceptors (Lipinski definition) is 4. The number of hydrogen-bond donors (Lipinski definition) is 1. The third-order valence-corrected chi connectivity index (χ3v) is 5.80. The quantitative estimate of drug-likeness (QED) is 0.571. The second-order valence-corrected chi connectivity index (χ2v) is 7.05. The zero-order valence-electron chi connectivity index (χ0n) is 11.3. The van der Waals surface area contributed by atoms with Crippen molar-refractivity contribution < 1.29 is 9.53 Å². The molecule has 0 aliphatic heterocycles. The van der Waals surface area contributed by atoms with Gasteiger partial charge in [-0.05, 0) is 54.9 Å². The minimum atomic E-state index is -0.0501. The molecule has 2 aliphatic rings. The van der Waals surface area contributed by atoms with Crippen LogP contribution in [-0.4, -0.2) is 30.6 Å². The monoisotopic (exact) mass is 271 g/mol. The first-order valence-electron chi connectivity index (χ1n) is 7.05. The molecule has 0 spiro atoms. The van der Waals surface area contributed by atoms with E-state index in [2.05, 4.69) is 0 Å². The summed E-state index contributed by atoms with van der Waals surface area (Å²) in [4.78, 5) is 11.3. The Bertz CT molecular complexity index is 292. The van der Waals surface area contributed by atoms with Crippen LogP contribution in [0.3, 0.4) is 0 Å². The van der Waals surface area contributed by atoms with Gasteiger partial charge in [0, 0.05) is 6.04 Å². The van der Waals surface area contributed by atoms with E-state index in [1.165, 1.54) is 51.4 Å². The van der Waals surface area contributed by atoms with Crippen molar-refractivity contribution in [2.75, 3.05) is 18.6 Å². The highest BCUT2D eigenvalue weighted by Crippen LogP contribution is 2.51. The van der Waals surface area contributed by atoms with E-state index in [9.17, 15) is 4.79 Å². The van der Waals surface area contributed by atoms with Crippen LogP contribution in [0.2, 0.25) is 0 Å². The lowest BCUT2D eigenvalue weighted by Gasteiger charge is -2.16. The van der Waals surface area contributed by atoms with E-state index in [0.717, 1.165) is 11.7 Å². The van der Waals surface area contributed by atoms with E-state index in [4.69, 9.17) is 10.5 Å². The molecule has 2 aliphatic carbocycles. The Labute approximate surface area is 114 Å². The Morgan fingerprint density at radius 2 is 2.22 bits per heavy atom. The summed E-state index contributed by atoms with van der Waals surface area (Å²) >= 11 is 2.00. The normalized spacial score (nSPS) is 29.2. The van der Waals surface area contributed by atoms with Crippen molar-refractivity contribution in [3.63, 3.8) is 0 Å². The molecule has 0 bridgehead atoms. The summed E-state index contributed by atoms with van der Waals surface area (Å²) in [5.41, 5.74) is 6.35. The summed E-state index contributed by atoms with van der Waals surface area (Å²) in [7, 11) is 1.48. The fourth-order valence-electron chi connectivity index (χ4n) is 2.87. The van der Waals surface area contributed by atoms with Crippen LogP contribution in [0.4, 0.5) is 0 Å². The van der Waals surface area contributed by atoms with Gasteiger partial charge in [0.15, 0.2) is 0 Å². The third-order valence-electron chi connectivity index (χ3n) is 4.46. The van der Waals surface area contributed by atoms with Crippen molar-refractivity contribution in [1.82, 2.24) is 0 Å². The molecule has 4 heteroatoms. The van der Waals surface area contributed by atoms with Gasteiger partial charge in [0.05, 0.1) is 13.5 Å². The molecule has 104 valence electrons. The van der Waals surface area contributed by atoms with E-state index in [1.807, 2.05) is 11.8 Å². The fraction of sp³-hybridized carbons (Fsp3) is 0.929. The number of methoxy groups -OCH3 is 1. The number of esters is 1. The van der Waals surface area contributed by atoms with Gasteiger partial charge in [0.2, 0.25) is 0 Å². The van der Waals surface area contributed by atoms with Gasteiger partial charge in [0.1, 0.15) is 0 Å². The maximum absolute atomic E-state index is 11.3. The van der Waals surface area contributed by atoms with Gasteiger partial charge in [-0.1, -0.05) is 6.42 Å². The molecular formula is C14H25NO2S. The topological polar surface area (TPSA) is 52.3 Å². The molecule has 0 amide bonds. The van der Waals surface area contributed by atoms with Crippen molar-refractivity contribution in [3.8, 4) is 0 Å². The van der Waals surface area contributed by atoms with Crippen LogP contribution in [0.5, 0.6) is 0 Å². The van der Waals surface area contributed by atoms with E-state index >= 15 is 0 Å². The summed E-state index contributed by atoms with van der Waals surface area (Å²) in [5, 5.41) is 0. The lowest BCUT2D eigenvalue weighted by Crippen LogP contribution is -2.24. The molecule has 0 aromatic heterocycles. The second kappa shape index (κ2) is 6.29. The molecule has 2 fully saturated rings. The smallest absolute Gasteiger partial charge is 0.306 e. The first-order valence-corrected chi connectivity index (χ1v) is 8.21. The maximum atomic E-state index is 11.3. The van der Waals surface area contributed by atoms with Gasteiger partial charge in [-0.3, -0.25) is 4.79 Å². The van der Waals surface area contributed by atoms with Crippen LogP contribution >= 0.6 is 11.8 Å². The average Bonchev–Trinajstić information content (AvgIpc) is 3.00. The number of carbonyl (C=O) groups is 1. The SMILES string of the molecule is COC(=O)CC1(CSCCC2CCCC2N)CC1. The molecule has 2 unspecified atom stereocenters. The Balaban J connectivity index is 1.59. The average molecular weight is 271 g/mol. The van der Waals surface area contributed by atoms with Crippen molar-refractivity contribution in [1.29, 1.82) is 0 Å². The molecule has 0 radical (unpaired) electrons. The van der Waals surface area contributed by atoms with Crippen LogP contribution in [0, 0.1) is 11.3 Å². The first-order chi connectivity index (χ1) is 8.65. The Morgan fingerprint density at radius 3 is 2.78 bits per heavy atom. The highest BCUT2D eigenvalue weighted by Gasteiger charge is 2.44. The number of rotatable bonds is 7.